The maximum atomic E-state index is 13.1. The van der Waals surface area contributed by atoms with Crippen molar-refractivity contribution in [3.05, 3.63) is 59.7 Å². The van der Waals surface area contributed by atoms with Crippen LogP contribution in [0.2, 0.25) is 0 Å². The number of ether oxygens (including phenoxy) is 1. The molecule has 0 bridgehead atoms. The van der Waals surface area contributed by atoms with E-state index in [1.54, 1.807) is 24.3 Å². The lowest BCUT2D eigenvalue weighted by Gasteiger charge is -2.13. The zero-order chi connectivity index (χ0) is 19.8. The average molecular weight is 390 g/mol. The van der Waals surface area contributed by atoms with Gasteiger partial charge in [0.05, 0.1) is 18.1 Å². The fourth-order valence-electron chi connectivity index (χ4n) is 2.00. The molecule has 2 rings (SSSR count). The highest BCUT2D eigenvalue weighted by Gasteiger charge is 2.18. The third-order valence-electron chi connectivity index (χ3n) is 3.42. The fourth-order valence-corrected chi connectivity index (χ4v) is 2.86. The molecule has 5 nitrogen and oxygen atoms in total. The van der Waals surface area contributed by atoms with Crippen LogP contribution in [-0.2, 0) is 14.3 Å². The molecule has 0 saturated carbocycles. The van der Waals surface area contributed by atoms with Gasteiger partial charge in [0.2, 0.25) is 0 Å². The molecule has 1 atom stereocenters. The number of nitrogens with zero attached hydrogens (tertiary/aromatic N) is 1. The molecule has 0 aliphatic rings. The van der Waals surface area contributed by atoms with Crippen molar-refractivity contribution in [2.75, 3.05) is 11.1 Å². The van der Waals surface area contributed by atoms with Gasteiger partial charge in [0.1, 0.15) is 0 Å². The molecule has 2 aromatic carbocycles. The smallest absolute Gasteiger partial charge is 0.307 e. The Hall–Kier alpha value is -2.92. The van der Waals surface area contributed by atoms with Gasteiger partial charge >= 0.3 is 5.97 Å². The number of nitrogens with one attached hydrogen (secondary N) is 1. The first-order valence-corrected chi connectivity index (χ1v) is 8.96. The van der Waals surface area contributed by atoms with Gasteiger partial charge in [-0.05, 0) is 49.4 Å². The predicted molar refractivity (Wildman–Crippen MR) is 97.0 cm³/mol. The van der Waals surface area contributed by atoms with E-state index in [-0.39, 0.29) is 6.42 Å². The summed E-state index contributed by atoms with van der Waals surface area (Å²) in [5, 5.41) is 11.3. The number of nitriles is 1. The molecule has 0 heterocycles. The van der Waals surface area contributed by atoms with Crippen LogP contribution in [0.4, 0.5) is 14.5 Å². The minimum Gasteiger partial charge on any atom is -0.453 e. The predicted octanol–water partition coefficient (Wildman–Crippen LogP) is 3.89. The number of halogens is 2. The molecule has 0 fully saturated rings. The molecule has 140 valence electrons. The summed E-state index contributed by atoms with van der Waals surface area (Å²) in [6.07, 6.45) is -0.987. The Bertz CT molecular complexity index is 866. The largest absolute Gasteiger partial charge is 0.453 e. The van der Waals surface area contributed by atoms with Gasteiger partial charge in [0.25, 0.3) is 5.91 Å². The van der Waals surface area contributed by atoms with Crippen molar-refractivity contribution in [2.24, 2.45) is 0 Å². The Morgan fingerprint density at radius 2 is 1.89 bits per heavy atom. The van der Waals surface area contributed by atoms with Gasteiger partial charge < -0.3 is 10.1 Å². The van der Waals surface area contributed by atoms with Crippen LogP contribution in [0.25, 0.3) is 0 Å². The van der Waals surface area contributed by atoms with Gasteiger partial charge in [0.15, 0.2) is 17.7 Å². The number of anilines is 1. The molecule has 0 unspecified atom stereocenters. The number of benzene rings is 2. The van der Waals surface area contributed by atoms with Crippen molar-refractivity contribution >= 4 is 29.3 Å². The van der Waals surface area contributed by atoms with Crippen molar-refractivity contribution in [3.63, 3.8) is 0 Å². The summed E-state index contributed by atoms with van der Waals surface area (Å²) in [7, 11) is 0. The number of thioether (sulfide) groups is 1. The van der Waals surface area contributed by atoms with Crippen LogP contribution >= 0.6 is 11.8 Å². The van der Waals surface area contributed by atoms with E-state index in [1.165, 1.54) is 24.8 Å². The highest BCUT2D eigenvalue weighted by Crippen LogP contribution is 2.21. The van der Waals surface area contributed by atoms with E-state index in [0.29, 0.717) is 21.9 Å². The standard InChI is InChI=1S/C19H16F2N2O3S/c1-12(19(25)23-14-4-2-13(11-22)3-5-14)26-18(24)8-9-27-15-6-7-16(20)17(21)10-15/h2-7,10,12H,8-9H2,1H3,(H,23,25)/t12-/m1/s1. The van der Waals surface area contributed by atoms with Crippen LogP contribution in [0.5, 0.6) is 0 Å². The van der Waals surface area contributed by atoms with E-state index < -0.39 is 29.6 Å². The molecule has 0 saturated heterocycles. The Balaban J connectivity index is 1.75. The molecule has 27 heavy (non-hydrogen) atoms. The second-order valence-electron chi connectivity index (χ2n) is 5.48. The van der Waals surface area contributed by atoms with Crippen LogP contribution < -0.4 is 5.32 Å². The van der Waals surface area contributed by atoms with Crippen molar-refractivity contribution in [3.8, 4) is 6.07 Å². The summed E-state index contributed by atoms with van der Waals surface area (Å²) < 4.78 is 31.0. The molecule has 8 heteroatoms. The van der Waals surface area contributed by atoms with E-state index in [0.717, 1.165) is 12.1 Å². The maximum Gasteiger partial charge on any atom is 0.307 e. The first-order valence-electron chi connectivity index (χ1n) is 7.97. The molecular formula is C19H16F2N2O3S. The fraction of sp³-hybridized carbons (Fsp3) is 0.211. The van der Waals surface area contributed by atoms with Gasteiger partial charge in [-0.15, -0.1) is 11.8 Å². The first kappa shape index (κ1) is 20.4. The van der Waals surface area contributed by atoms with Gasteiger partial charge in [0, 0.05) is 16.3 Å². The van der Waals surface area contributed by atoms with E-state index in [1.807, 2.05) is 6.07 Å². The van der Waals surface area contributed by atoms with Gasteiger partial charge in [-0.2, -0.15) is 5.26 Å². The number of rotatable bonds is 7. The number of hydrogen-bond donors (Lipinski definition) is 1. The Labute approximate surface area is 159 Å². The quantitative estimate of drug-likeness (QED) is 0.573. The number of hydrogen-bond acceptors (Lipinski definition) is 5. The zero-order valence-corrected chi connectivity index (χ0v) is 15.2. The Kier molecular flexibility index (Phi) is 7.32. The second kappa shape index (κ2) is 9.69. The summed E-state index contributed by atoms with van der Waals surface area (Å²) in [5.74, 6) is -2.65. The lowest BCUT2D eigenvalue weighted by atomic mass is 10.2. The normalized spacial score (nSPS) is 11.3. The van der Waals surface area contributed by atoms with Crippen LogP contribution in [0.3, 0.4) is 0 Å². The number of carbonyl (C=O) groups is 2. The average Bonchev–Trinajstić information content (AvgIpc) is 2.65. The lowest BCUT2D eigenvalue weighted by molar-refractivity contribution is -0.152. The lowest BCUT2D eigenvalue weighted by Crippen LogP contribution is -2.30. The topological polar surface area (TPSA) is 79.2 Å². The number of esters is 1. The summed E-state index contributed by atoms with van der Waals surface area (Å²) in [5.41, 5.74) is 0.946. The summed E-state index contributed by atoms with van der Waals surface area (Å²) in [6.45, 7) is 1.44. The van der Waals surface area contributed by atoms with E-state index in [9.17, 15) is 18.4 Å². The second-order valence-corrected chi connectivity index (χ2v) is 6.65. The third-order valence-corrected chi connectivity index (χ3v) is 4.42. The molecule has 0 spiro atoms. The number of carbonyl (C=O) groups excluding carboxylic acids is 2. The highest BCUT2D eigenvalue weighted by molar-refractivity contribution is 7.99. The maximum absolute atomic E-state index is 13.1. The number of amides is 1. The molecule has 0 aliphatic heterocycles. The monoisotopic (exact) mass is 390 g/mol. The third kappa shape index (κ3) is 6.38. The molecule has 1 N–H and O–H groups in total. The van der Waals surface area contributed by atoms with Crippen LogP contribution in [0.1, 0.15) is 18.9 Å². The van der Waals surface area contributed by atoms with Crippen LogP contribution in [0, 0.1) is 23.0 Å². The van der Waals surface area contributed by atoms with Crippen molar-refractivity contribution < 1.29 is 23.1 Å². The van der Waals surface area contributed by atoms with Crippen molar-refractivity contribution in [1.29, 1.82) is 5.26 Å². The molecule has 0 aliphatic carbocycles. The Morgan fingerprint density at radius 1 is 1.19 bits per heavy atom. The Morgan fingerprint density at radius 3 is 2.52 bits per heavy atom. The molecule has 0 aromatic heterocycles. The van der Waals surface area contributed by atoms with Crippen LogP contribution in [0.15, 0.2) is 47.4 Å². The molecule has 0 radical (unpaired) electrons. The summed E-state index contributed by atoms with van der Waals surface area (Å²) in [6, 6.07) is 11.7. The first-order chi connectivity index (χ1) is 12.9. The zero-order valence-electron chi connectivity index (χ0n) is 14.4. The van der Waals surface area contributed by atoms with Gasteiger partial charge in [-0.3, -0.25) is 9.59 Å². The van der Waals surface area contributed by atoms with E-state index in [2.05, 4.69) is 5.32 Å². The highest BCUT2D eigenvalue weighted by atomic mass is 32.2. The minimum atomic E-state index is -0.999. The molecular weight excluding hydrogens is 374 g/mol. The van der Waals surface area contributed by atoms with Crippen LogP contribution in [-0.4, -0.2) is 23.7 Å². The van der Waals surface area contributed by atoms with Gasteiger partial charge in [-0.25, -0.2) is 8.78 Å². The van der Waals surface area contributed by atoms with E-state index in [4.69, 9.17) is 10.00 Å². The SMILES string of the molecule is C[C@@H](OC(=O)CCSc1ccc(F)c(F)c1)C(=O)Nc1ccc(C#N)cc1. The molecule has 2 aromatic rings. The van der Waals surface area contributed by atoms with Crippen molar-refractivity contribution in [1.82, 2.24) is 0 Å². The van der Waals surface area contributed by atoms with Gasteiger partial charge in [-0.1, -0.05) is 0 Å². The summed E-state index contributed by atoms with van der Waals surface area (Å²) >= 11 is 1.18. The van der Waals surface area contributed by atoms with E-state index >= 15 is 0 Å². The van der Waals surface area contributed by atoms with Crippen molar-refractivity contribution in [2.45, 2.75) is 24.3 Å². The summed E-state index contributed by atoms with van der Waals surface area (Å²) in [4.78, 5) is 24.3. The molecule has 1 amide bonds. The minimum absolute atomic E-state index is 0.0121.